The maximum absolute atomic E-state index is 14.7. The number of benzene rings is 2. The fourth-order valence-electron chi connectivity index (χ4n) is 3.33. The smallest absolute Gasteiger partial charge is 0.254 e. The molecule has 0 aromatic heterocycles. The number of carbonyl (C=O) groups excluding carboxylic acids is 1. The van der Waals surface area contributed by atoms with E-state index in [2.05, 4.69) is 16.7 Å². The van der Waals surface area contributed by atoms with Crippen LogP contribution in [0.4, 0.5) is 10.1 Å². The van der Waals surface area contributed by atoms with Gasteiger partial charge in [0, 0.05) is 16.8 Å². The molecule has 7 heteroatoms. The van der Waals surface area contributed by atoms with Gasteiger partial charge in [0.05, 0.1) is 35.4 Å². The van der Waals surface area contributed by atoms with Crippen LogP contribution in [0.25, 0.3) is 0 Å². The van der Waals surface area contributed by atoms with Gasteiger partial charge in [0.25, 0.3) is 5.91 Å². The summed E-state index contributed by atoms with van der Waals surface area (Å²) in [5.74, 6) is -1.21. The molecule has 2 aromatic carbocycles. The zero-order chi connectivity index (χ0) is 21.0. The standard InChI is InChI=1S/C22H20FN3O2S/c1-13-19(21(27)26-17-10-6-7-11-18(17)28-2)20(14-8-4-5-9-16(14)23)15(12-24)22(25-13)29-3/h4-11,20,25H,1-3H3,(H,26,27). The first-order chi connectivity index (χ1) is 14.0. The molecule has 3 rings (SSSR count). The molecule has 2 N–H and O–H groups in total. The van der Waals surface area contributed by atoms with Crippen LogP contribution in [0.15, 0.2) is 70.4 Å². The highest BCUT2D eigenvalue weighted by molar-refractivity contribution is 8.02. The molecule has 1 amide bonds. The van der Waals surface area contributed by atoms with Crippen molar-refractivity contribution in [1.29, 1.82) is 5.26 Å². The summed E-state index contributed by atoms with van der Waals surface area (Å²) >= 11 is 1.35. The highest BCUT2D eigenvalue weighted by Crippen LogP contribution is 2.41. The lowest BCUT2D eigenvalue weighted by atomic mass is 9.82. The molecule has 1 heterocycles. The molecule has 29 heavy (non-hydrogen) atoms. The van der Waals surface area contributed by atoms with Gasteiger partial charge < -0.3 is 15.4 Å². The SMILES string of the molecule is COc1ccccc1NC(=O)C1=C(C)NC(SC)=C(C#N)C1c1ccccc1F. The Morgan fingerprint density at radius 3 is 2.59 bits per heavy atom. The first-order valence-corrected chi connectivity index (χ1v) is 10.1. The van der Waals surface area contributed by atoms with Gasteiger partial charge in [-0.3, -0.25) is 4.79 Å². The summed E-state index contributed by atoms with van der Waals surface area (Å²) in [5, 5.41) is 16.4. The number of methoxy groups -OCH3 is 1. The number of nitriles is 1. The van der Waals surface area contributed by atoms with E-state index in [-0.39, 0.29) is 11.1 Å². The number of anilines is 1. The van der Waals surface area contributed by atoms with Crippen molar-refractivity contribution >= 4 is 23.4 Å². The Hall–Kier alpha value is -3.24. The highest BCUT2D eigenvalue weighted by atomic mass is 32.2. The number of nitrogens with one attached hydrogen (secondary N) is 2. The summed E-state index contributed by atoms with van der Waals surface area (Å²) in [4.78, 5) is 13.3. The number of nitrogens with zero attached hydrogens (tertiary/aromatic N) is 1. The Bertz CT molecular complexity index is 1060. The van der Waals surface area contributed by atoms with E-state index in [1.54, 1.807) is 49.4 Å². The molecule has 0 fully saturated rings. The Labute approximate surface area is 173 Å². The Kier molecular flexibility index (Phi) is 6.25. The minimum atomic E-state index is -0.820. The number of ether oxygens (including phenoxy) is 1. The molecule has 2 aromatic rings. The van der Waals surface area contributed by atoms with Crippen molar-refractivity contribution < 1.29 is 13.9 Å². The van der Waals surface area contributed by atoms with Gasteiger partial charge in [0.1, 0.15) is 11.6 Å². The lowest BCUT2D eigenvalue weighted by Gasteiger charge is -2.29. The number of carbonyl (C=O) groups is 1. The molecule has 0 spiro atoms. The number of thioether (sulfide) groups is 1. The van der Waals surface area contributed by atoms with Crippen LogP contribution in [0.1, 0.15) is 18.4 Å². The number of hydrogen-bond donors (Lipinski definition) is 2. The molecular formula is C22H20FN3O2S. The molecule has 0 saturated heterocycles. The molecule has 0 radical (unpaired) electrons. The first kappa shape index (κ1) is 20.5. The molecular weight excluding hydrogens is 389 g/mol. The number of para-hydroxylation sites is 2. The molecule has 5 nitrogen and oxygen atoms in total. The molecule has 0 aliphatic carbocycles. The topological polar surface area (TPSA) is 74.2 Å². The van der Waals surface area contributed by atoms with Crippen LogP contribution in [-0.2, 0) is 4.79 Å². The maximum atomic E-state index is 14.7. The van der Waals surface area contributed by atoms with Gasteiger partial charge >= 0.3 is 0 Å². The molecule has 1 aliphatic rings. The van der Waals surface area contributed by atoms with Crippen LogP contribution in [-0.4, -0.2) is 19.3 Å². The first-order valence-electron chi connectivity index (χ1n) is 8.86. The molecule has 0 bridgehead atoms. The van der Waals surface area contributed by atoms with Gasteiger partial charge in [0.2, 0.25) is 0 Å². The third-order valence-corrected chi connectivity index (χ3v) is 5.40. The van der Waals surface area contributed by atoms with Crippen LogP contribution >= 0.6 is 11.8 Å². The van der Waals surface area contributed by atoms with Crippen LogP contribution < -0.4 is 15.4 Å². The maximum Gasteiger partial charge on any atom is 0.254 e. The van der Waals surface area contributed by atoms with Gasteiger partial charge in [-0.2, -0.15) is 5.26 Å². The zero-order valence-corrected chi connectivity index (χ0v) is 17.1. The van der Waals surface area contributed by atoms with E-state index in [1.165, 1.54) is 24.9 Å². The van der Waals surface area contributed by atoms with Crippen LogP contribution in [0.3, 0.4) is 0 Å². The largest absolute Gasteiger partial charge is 0.495 e. The van der Waals surface area contributed by atoms with Crippen molar-refractivity contribution in [2.75, 3.05) is 18.7 Å². The van der Waals surface area contributed by atoms with Gasteiger partial charge in [-0.25, -0.2) is 4.39 Å². The van der Waals surface area contributed by atoms with E-state index in [0.717, 1.165) is 0 Å². The lowest BCUT2D eigenvalue weighted by molar-refractivity contribution is -0.113. The normalized spacial score (nSPS) is 16.2. The molecule has 0 saturated carbocycles. The second-order valence-electron chi connectivity index (χ2n) is 6.33. The van der Waals surface area contributed by atoms with Crippen LogP contribution in [0.5, 0.6) is 5.75 Å². The van der Waals surface area contributed by atoms with Gasteiger partial charge in [-0.15, -0.1) is 11.8 Å². The predicted octanol–water partition coefficient (Wildman–Crippen LogP) is 4.53. The predicted molar refractivity (Wildman–Crippen MR) is 113 cm³/mol. The summed E-state index contributed by atoms with van der Waals surface area (Å²) < 4.78 is 20.0. The molecule has 1 aliphatic heterocycles. The second kappa shape index (κ2) is 8.84. The van der Waals surface area contributed by atoms with Crippen molar-refractivity contribution in [3.63, 3.8) is 0 Å². The van der Waals surface area contributed by atoms with Crippen molar-refractivity contribution in [3.05, 3.63) is 81.8 Å². The number of hydrogen-bond acceptors (Lipinski definition) is 5. The number of allylic oxidation sites excluding steroid dienone is 2. The quantitative estimate of drug-likeness (QED) is 0.759. The minimum absolute atomic E-state index is 0.279. The number of amides is 1. The number of halogens is 1. The van der Waals surface area contributed by atoms with Crippen LogP contribution in [0.2, 0.25) is 0 Å². The zero-order valence-electron chi connectivity index (χ0n) is 16.2. The van der Waals surface area contributed by atoms with E-state index in [9.17, 15) is 14.4 Å². The average Bonchev–Trinajstić information content (AvgIpc) is 2.73. The summed E-state index contributed by atoms with van der Waals surface area (Å²) in [6.07, 6.45) is 1.82. The van der Waals surface area contributed by atoms with Gasteiger partial charge in [-0.05, 0) is 31.4 Å². The Balaban J connectivity index is 2.11. The van der Waals surface area contributed by atoms with Crippen molar-refractivity contribution in [1.82, 2.24) is 5.32 Å². The van der Waals surface area contributed by atoms with Gasteiger partial charge in [-0.1, -0.05) is 30.3 Å². The Morgan fingerprint density at radius 2 is 1.93 bits per heavy atom. The molecule has 1 atom stereocenters. The lowest BCUT2D eigenvalue weighted by Crippen LogP contribution is -2.31. The summed E-state index contributed by atoms with van der Waals surface area (Å²) in [6, 6.07) is 15.4. The summed E-state index contributed by atoms with van der Waals surface area (Å²) in [7, 11) is 1.51. The average molecular weight is 409 g/mol. The summed E-state index contributed by atoms with van der Waals surface area (Å²) in [5.41, 5.74) is 1.93. The van der Waals surface area contributed by atoms with E-state index < -0.39 is 17.6 Å². The highest BCUT2D eigenvalue weighted by Gasteiger charge is 2.35. The van der Waals surface area contributed by atoms with Gasteiger partial charge in [0.15, 0.2) is 0 Å². The van der Waals surface area contributed by atoms with Crippen LogP contribution in [0, 0.1) is 17.1 Å². The second-order valence-corrected chi connectivity index (χ2v) is 7.15. The van der Waals surface area contributed by atoms with Crippen molar-refractivity contribution in [2.45, 2.75) is 12.8 Å². The molecule has 1 unspecified atom stereocenters. The summed E-state index contributed by atoms with van der Waals surface area (Å²) in [6.45, 7) is 1.75. The minimum Gasteiger partial charge on any atom is -0.495 e. The number of rotatable bonds is 5. The van der Waals surface area contributed by atoms with E-state index >= 15 is 0 Å². The number of dihydropyridines is 1. The monoisotopic (exact) mass is 409 g/mol. The van der Waals surface area contributed by atoms with Crippen molar-refractivity contribution in [2.24, 2.45) is 0 Å². The van der Waals surface area contributed by atoms with Crippen molar-refractivity contribution in [3.8, 4) is 11.8 Å². The third kappa shape index (κ3) is 3.98. The fraction of sp³-hybridized carbons (Fsp3) is 0.182. The van der Waals surface area contributed by atoms with E-state index in [4.69, 9.17) is 4.74 Å². The fourth-order valence-corrected chi connectivity index (χ4v) is 3.97. The molecule has 148 valence electrons. The Morgan fingerprint density at radius 1 is 1.24 bits per heavy atom. The third-order valence-electron chi connectivity index (χ3n) is 4.67. The van der Waals surface area contributed by atoms with E-state index in [0.29, 0.717) is 27.7 Å². The van der Waals surface area contributed by atoms with E-state index in [1.807, 2.05) is 6.26 Å².